The molecule has 1 aliphatic rings. The van der Waals surface area contributed by atoms with E-state index in [1.807, 2.05) is 0 Å². The quantitative estimate of drug-likeness (QED) is 0.396. The molecule has 6 nitrogen and oxygen atoms in total. The van der Waals surface area contributed by atoms with Crippen molar-refractivity contribution in [3.8, 4) is 0 Å². The van der Waals surface area contributed by atoms with Gasteiger partial charge in [0.05, 0.1) is 23.4 Å². The Hall–Kier alpha value is -3.21. The van der Waals surface area contributed by atoms with Gasteiger partial charge in [-0.2, -0.15) is 13.2 Å². The lowest BCUT2D eigenvalue weighted by atomic mass is 9.99. The minimum atomic E-state index is -4.78. The standard InChI is InChI=1S/C24H17Cl2F3N2O4S/c25-16-4-1-14(2-5-16)12-31-20-11-15(24(27,28)29)3-10-19(20)22(21(32)13-36(31,34)35)23(33)30-18-8-6-17(26)7-9-18/h1-11,32H,12-13H2,(H,30,33). The van der Waals surface area contributed by atoms with Gasteiger partial charge in [0.1, 0.15) is 11.5 Å². The molecule has 0 unspecified atom stereocenters. The number of amides is 1. The van der Waals surface area contributed by atoms with Crippen LogP contribution in [0.3, 0.4) is 0 Å². The Morgan fingerprint density at radius 1 is 0.972 bits per heavy atom. The Balaban J connectivity index is 1.86. The fourth-order valence-electron chi connectivity index (χ4n) is 3.67. The molecule has 2 N–H and O–H groups in total. The lowest BCUT2D eigenvalue weighted by Crippen LogP contribution is -2.32. The van der Waals surface area contributed by atoms with Gasteiger partial charge in [-0.15, -0.1) is 0 Å². The molecule has 4 rings (SSSR count). The number of benzene rings is 3. The monoisotopic (exact) mass is 556 g/mol. The second-order valence-electron chi connectivity index (χ2n) is 7.90. The van der Waals surface area contributed by atoms with Crippen molar-refractivity contribution in [2.24, 2.45) is 0 Å². The number of sulfonamides is 1. The second-order valence-corrected chi connectivity index (χ2v) is 10.7. The third kappa shape index (κ3) is 5.45. The highest BCUT2D eigenvalue weighted by atomic mass is 35.5. The number of carbonyl (C=O) groups is 1. The minimum Gasteiger partial charge on any atom is -0.510 e. The van der Waals surface area contributed by atoms with Crippen LogP contribution in [0.25, 0.3) is 5.57 Å². The van der Waals surface area contributed by atoms with Crippen LogP contribution in [0.5, 0.6) is 0 Å². The number of aliphatic hydroxyl groups is 1. The predicted molar refractivity (Wildman–Crippen MR) is 132 cm³/mol. The normalized spacial score (nSPS) is 15.3. The van der Waals surface area contributed by atoms with Gasteiger partial charge in [0, 0.05) is 21.3 Å². The number of carbonyl (C=O) groups excluding carboxylic acids is 1. The van der Waals surface area contributed by atoms with Crippen LogP contribution in [0.2, 0.25) is 10.0 Å². The van der Waals surface area contributed by atoms with Crippen LogP contribution in [-0.2, 0) is 27.5 Å². The molecule has 1 heterocycles. The first-order chi connectivity index (χ1) is 16.8. The molecule has 1 aliphatic heterocycles. The van der Waals surface area contributed by atoms with Crippen molar-refractivity contribution in [2.45, 2.75) is 12.7 Å². The zero-order valence-corrected chi connectivity index (χ0v) is 20.5. The Labute approximate surface area is 214 Å². The number of anilines is 2. The van der Waals surface area contributed by atoms with Crippen molar-refractivity contribution in [3.63, 3.8) is 0 Å². The highest BCUT2D eigenvalue weighted by Gasteiger charge is 2.38. The number of halogens is 5. The van der Waals surface area contributed by atoms with Crippen molar-refractivity contribution in [1.29, 1.82) is 0 Å². The molecule has 0 aliphatic carbocycles. The van der Waals surface area contributed by atoms with E-state index in [1.165, 1.54) is 48.5 Å². The number of aliphatic hydroxyl groups excluding tert-OH is 1. The van der Waals surface area contributed by atoms with Gasteiger partial charge in [0.25, 0.3) is 5.91 Å². The summed E-state index contributed by atoms with van der Waals surface area (Å²) in [6.45, 7) is -0.354. The molecular weight excluding hydrogens is 540 g/mol. The predicted octanol–water partition coefficient (Wildman–Crippen LogP) is 6.27. The van der Waals surface area contributed by atoms with Crippen molar-refractivity contribution >= 4 is 56.1 Å². The van der Waals surface area contributed by atoms with E-state index in [-0.39, 0.29) is 17.8 Å². The van der Waals surface area contributed by atoms with E-state index in [0.717, 1.165) is 16.4 Å². The maximum absolute atomic E-state index is 13.6. The summed E-state index contributed by atoms with van der Waals surface area (Å²) in [5.74, 6) is -2.71. The first-order valence-corrected chi connectivity index (χ1v) is 12.7. The number of alkyl halides is 3. The van der Waals surface area contributed by atoms with E-state index < -0.39 is 50.4 Å². The van der Waals surface area contributed by atoms with E-state index in [4.69, 9.17) is 23.2 Å². The number of hydrogen-bond acceptors (Lipinski definition) is 4. The zero-order valence-electron chi connectivity index (χ0n) is 18.2. The van der Waals surface area contributed by atoms with Gasteiger partial charge < -0.3 is 10.4 Å². The first kappa shape index (κ1) is 25.9. The second kappa shape index (κ2) is 9.68. The molecule has 36 heavy (non-hydrogen) atoms. The van der Waals surface area contributed by atoms with Gasteiger partial charge in [-0.3, -0.25) is 9.10 Å². The van der Waals surface area contributed by atoms with E-state index in [1.54, 1.807) is 0 Å². The summed E-state index contributed by atoms with van der Waals surface area (Å²) in [7, 11) is -4.41. The molecule has 0 bridgehead atoms. The molecule has 1 amide bonds. The molecule has 3 aromatic carbocycles. The van der Waals surface area contributed by atoms with Crippen molar-refractivity contribution < 1.29 is 31.5 Å². The Bertz CT molecular complexity index is 1460. The Morgan fingerprint density at radius 2 is 1.56 bits per heavy atom. The van der Waals surface area contributed by atoms with E-state index in [0.29, 0.717) is 21.7 Å². The summed E-state index contributed by atoms with van der Waals surface area (Å²) in [6, 6.07) is 14.4. The third-order valence-electron chi connectivity index (χ3n) is 5.38. The third-order valence-corrected chi connectivity index (χ3v) is 7.51. The lowest BCUT2D eigenvalue weighted by molar-refractivity contribution is -0.137. The molecule has 3 aromatic rings. The SMILES string of the molecule is O=C(Nc1ccc(Cl)cc1)C1=C(O)CS(=O)(=O)N(Cc2ccc(Cl)cc2)c2cc(C(F)(F)F)ccc21. The minimum absolute atomic E-state index is 0.179. The van der Waals surface area contributed by atoms with Crippen LogP contribution in [0.1, 0.15) is 16.7 Å². The number of nitrogens with zero attached hydrogens (tertiary/aromatic N) is 1. The lowest BCUT2D eigenvalue weighted by Gasteiger charge is -2.25. The average molecular weight is 557 g/mol. The van der Waals surface area contributed by atoms with Crippen LogP contribution < -0.4 is 9.62 Å². The highest BCUT2D eigenvalue weighted by molar-refractivity contribution is 7.93. The van der Waals surface area contributed by atoms with Gasteiger partial charge >= 0.3 is 6.18 Å². The summed E-state index contributed by atoms with van der Waals surface area (Å²) in [5.41, 5.74) is -1.44. The average Bonchev–Trinajstić information content (AvgIpc) is 2.87. The molecule has 12 heteroatoms. The van der Waals surface area contributed by atoms with Crippen LogP contribution >= 0.6 is 23.2 Å². The summed E-state index contributed by atoms with van der Waals surface area (Å²) >= 11 is 11.7. The van der Waals surface area contributed by atoms with Crippen LogP contribution in [0.15, 0.2) is 72.5 Å². The van der Waals surface area contributed by atoms with Crippen LogP contribution in [0.4, 0.5) is 24.5 Å². The number of nitrogens with one attached hydrogen (secondary N) is 1. The van der Waals surface area contributed by atoms with Gasteiger partial charge in [-0.1, -0.05) is 41.4 Å². The summed E-state index contributed by atoms with van der Waals surface area (Å²) < 4.78 is 68.0. The molecule has 0 radical (unpaired) electrons. The van der Waals surface area contributed by atoms with Gasteiger partial charge in [-0.25, -0.2) is 8.42 Å². The fraction of sp³-hybridized carbons (Fsp3) is 0.125. The largest absolute Gasteiger partial charge is 0.510 e. The van der Waals surface area contributed by atoms with E-state index >= 15 is 0 Å². The first-order valence-electron chi connectivity index (χ1n) is 10.3. The molecule has 0 saturated heterocycles. The molecule has 0 atom stereocenters. The fourth-order valence-corrected chi connectivity index (χ4v) is 5.37. The summed E-state index contributed by atoms with van der Waals surface area (Å²) in [4.78, 5) is 13.2. The summed E-state index contributed by atoms with van der Waals surface area (Å²) in [5, 5.41) is 14.0. The van der Waals surface area contributed by atoms with Gasteiger partial charge in [0.2, 0.25) is 10.0 Å². The molecular formula is C24H17Cl2F3N2O4S. The topological polar surface area (TPSA) is 86.7 Å². The highest BCUT2D eigenvalue weighted by Crippen LogP contribution is 2.40. The smallest absolute Gasteiger partial charge is 0.416 e. The molecule has 0 aromatic heterocycles. The van der Waals surface area contributed by atoms with E-state index in [2.05, 4.69) is 5.32 Å². The zero-order chi connectivity index (χ0) is 26.3. The molecule has 0 saturated carbocycles. The summed E-state index contributed by atoms with van der Waals surface area (Å²) in [6.07, 6.45) is -4.78. The number of hydrogen-bond donors (Lipinski definition) is 2. The van der Waals surface area contributed by atoms with Gasteiger partial charge in [-0.05, 0) is 54.1 Å². The van der Waals surface area contributed by atoms with Crippen molar-refractivity contribution in [1.82, 2.24) is 0 Å². The molecule has 0 fully saturated rings. The van der Waals surface area contributed by atoms with Crippen molar-refractivity contribution in [2.75, 3.05) is 15.4 Å². The maximum Gasteiger partial charge on any atom is 0.416 e. The molecule has 188 valence electrons. The molecule has 0 spiro atoms. The Kier molecular flexibility index (Phi) is 6.96. The Morgan fingerprint density at radius 3 is 2.14 bits per heavy atom. The van der Waals surface area contributed by atoms with Crippen LogP contribution in [0, 0.1) is 0 Å². The van der Waals surface area contributed by atoms with Crippen molar-refractivity contribution in [3.05, 3.63) is 99.2 Å². The number of rotatable bonds is 4. The van der Waals surface area contributed by atoms with Crippen LogP contribution in [-0.4, -0.2) is 25.2 Å². The van der Waals surface area contributed by atoms with E-state index in [9.17, 15) is 31.5 Å². The number of fused-ring (bicyclic) bond motifs is 1. The van der Waals surface area contributed by atoms with Gasteiger partial charge in [0.15, 0.2) is 0 Å². The maximum atomic E-state index is 13.6.